The first kappa shape index (κ1) is 14.9. The number of rotatable bonds is 4. The van der Waals surface area contributed by atoms with Crippen LogP contribution in [0.25, 0.3) is 11.4 Å². The van der Waals surface area contributed by atoms with Crippen molar-refractivity contribution in [2.75, 3.05) is 5.32 Å². The summed E-state index contributed by atoms with van der Waals surface area (Å²) in [6.07, 6.45) is 0.595. The first-order valence-electron chi connectivity index (χ1n) is 6.92. The molecule has 118 valence electrons. The summed E-state index contributed by atoms with van der Waals surface area (Å²) in [5.74, 6) is -0.753. The molecule has 0 aliphatic rings. The maximum Gasteiger partial charge on any atom is 0.183 e. The Morgan fingerprint density at radius 3 is 2.57 bits per heavy atom. The minimum absolute atomic E-state index is 0.185. The van der Waals surface area contributed by atoms with Crippen molar-refractivity contribution < 1.29 is 8.78 Å². The fraction of sp³-hybridized carbons (Fsp3) is 0.214. The number of hydrogen-bond donors (Lipinski definition) is 2. The molecule has 0 aliphatic carbocycles. The van der Waals surface area contributed by atoms with Crippen LogP contribution in [0.4, 0.5) is 20.4 Å². The third-order valence-electron chi connectivity index (χ3n) is 3.23. The van der Waals surface area contributed by atoms with E-state index < -0.39 is 11.6 Å². The number of nitrogens with zero attached hydrogens (tertiary/aromatic N) is 5. The zero-order valence-electron chi connectivity index (χ0n) is 12.4. The van der Waals surface area contributed by atoms with E-state index in [-0.39, 0.29) is 5.82 Å². The van der Waals surface area contributed by atoms with Gasteiger partial charge in [0, 0.05) is 5.56 Å². The van der Waals surface area contributed by atoms with E-state index in [2.05, 4.69) is 35.9 Å². The lowest BCUT2D eigenvalue weighted by Crippen LogP contribution is -2.06. The molecule has 2 heterocycles. The largest absolute Gasteiger partial charge is 0.320 e. The van der Waals surface area contributed by atoms with Crippen molar-refractivity contribution in [1.29, 1.82) is 0 Å². The molecule has 2 aromatic heterocycles. The van der Waals surface area contributed by atoms with Crippen LogP contribution in [0.5, 0.6) is 0 Å². The molecule has 1 aromatic carbocycles. The molecule has 0 spiro atoms. The molecular formula is C14H13F2N7. The van der Waals surface area contributed by atoms with Crippen molar-refractivity contribution in [3.63, 3.8) is 0 Å². The average Bonchev–Trinajstić information content (AvgIpc) is 2.95. The Morgan fingerprint density at radius 1 is 1.09 bits per heavy atom. The van der Waals surface area contributed by atoms with Crippen LogP contribution in [0.2, 0.25) is 0 Å². The lowest BCUT2D eigenvalue weighted by Gasteiger charge is -2.09. The van der Waals surface area contributed by atoms with Crippen molar-refractivity contribution in [2.45, 2.75) is 20.3 Å². The van der Waals surface area contributed by atoms with Crippen LogP contribution in [-0.2, 0) is 6.42 Å². The maximum absolute atomic E-state index is 13.4. The van der Waals surface area contributed by atoms with Crippen LogP contribution in [0, 0.1) is 18.6 Å². The molecule has 9 heteroatoms. The highest BCUT2D eigenvalue weighted by Crippen LogP contribution is 2.22. The minimum atomic E-state index is -0.965. The Morgan fingerprint density at radius 2 is 1.91 bits per heavy atom. The van der Waals surface area contributed by atoms with Gasteiger partial charge < -0.3 is 5.32 Å². The molecule has 0 bridgehead atoms. The Labute approximate surface area is 130 Å². The molecule has 2 N–H and O–H groups in total. The Hall–Kier alpha value is -2.97. The van der Waals surface area contributed by atoms with Crippen LogP contribution in [0.15, 0.2) is 18.2 Å². The van der Waals surface area contributed by atoms with Crippen molar-refractivity contribution >= 4 is 11.6 Å². The number of aryl methyl sites for hydroxylation is 2. The second kappa shape index (κ2) is 6.03. The van der Waals surface area contributed by atoms with E-state index in [1.807, 2.05) is 6.92 Å². The van der Waals surface area contributed by atoms with Gasteiger partial charge in [-0.25, -0.2) is 13.8 Å². The van der Waals surface area contributed by atoms with Crippen molar-refractivity contribution in [1.82, 2.24) is 30.6 Å². The maximum atomic E-state index is 13.4. The van der Waals surface area contributed by atoms with Crippen LogP contribution in [-0.4, -0.2) is 30.6 Å². The lowest BCUT2D eigenvalue weighted by molar-refractivity contribution is 0.509. The zero-order chi connectivity index (χ0) is 16.4. The molecule has 0 radical (unpaired) electrons. The summed E-state index contributed by atoms with van der Waals surface area (Å²) in [6.45, 7) is 3.69. The van der Waals surface area contributed by atoms with Gasteiger partial charge in [-0.05, 0) is 31.5 Å². The van der Waals surface area contributed by atoms with Gasteiger partial charge in [-0.1, -0.05) is 6.92 Å². The van der Waals surface area contributed by atoms with Crippen LogP contribution >= 0.6 is 0 Å². The molecule has 7 nitrogen and oxygen atoms in total. The Kier molecular flexibility index (Phi) is 3.92. The van der Waals surface area contributed by atoms with Crippen molar-refractivity contribution in [2.24, 2.45) is 0 Å². The fourth-order valence-electron chi connectivity index (χ4n) is 1.96. The van der Waals surface area contributed by atoms with E-state index in [4.69, 9.17) is 0 Å². The number of hydrogen-bond acceptors (Lipinski definition) is 6. The zero-order valence-corrected chi connectivity index (χ0v) is 12.4. The molecule has 0 saturated carbocycles. The highest BCUT2D eigenvalue weighted by Gasteiger charge is 2.13. The van der Waals surface area contributed by atoms with Gasteiger partial charge in [0.25, 0.3) is 0 Å². The van der Waals surface area contributed by atoms with E-state index in [9.17, 15) is 8.78 Å². The fourth-order valence-corrected chi connectivity index (χ4v) is 1.96. The number of H-pyrrole nitrogens is 1. The summed E-state index contributed by atoms with van der Waals surface area (Å²) in [7, 11) is 0. The number of benzene rings is 1. The summed E-state index contributed by atoms with van der Waals surface area (Å²) in [4.78, 5) is 4.35. The van der Waals surface area contributed by atoms with Crippen LogP contribution in [0.3, 0.4) is 0 Å². The van der Waals surface area contributed by atoms with Gasteiger partial charge in [0.1, 0.15) is 11.4 Å². The topological polar surface area (TPSA) is 92.3 Å². The van der Waals surface area contributed by atoms with E-state index in [0.717, 1.165) is 12.1 Å². The summed E-state index contributed by atoms with van der Waals surface area (Å²) in [5, 5.41) is 21.5. The number of aromatic amines is 1. The predicted octanol–water partition coefficient (Wildman–Crippen LogP) is 2.55. The smallest absolute Gasteiger partial charge is 0.183 e. The summed E-state index contributed by atoms with van der Waals surface area (Å²) in [6, 6.07) is 3.45. The molecule has 0 atom stereocenters. The van der Waals surface area contributed by atoms with Gasteiger partial charge in [0.05, 0.1) is 0 Å². The molecule has 23 heavy (non-hydrogen) atoms. The lowest BCUT2D eigenvalue weighted by atomic mass is 10.2. The van der Waals surface area contributed by atoms with Gasteiger partial charge in [0.2, 0.25) is 0 Å². The summed E-state index contributed by atoms with van der Waals surface area (Å²) in [5.41, 5.74) is 1.62. The quantitative estimate of drug-likeness (QED) is 0.768. The second-order valence-electron chi connectivity index (χ2n) is 4.80. The second-order valence-corrected chi connectivity index (χ2v) is 4.80. The number of halogens is 2. The monoisotopic (exact) mass is 317 g/mol. The first-order valence-corrected chi connectivity index (χ1v) is 6.92. The van der Waals surface area contributed by atoms with E-state index in [0.29, 0.717) is 35.0 Å². The van der Waals surface area contributed by atoms with Crippen LogP contribution < -0.4 is 5.32 Å². The molecule has 0 amide bonds. The molecule has 3 aromatic rings. The standard InChI is InChI=1S/C14H13F2N7/c1-3-11-14(17-12-7(2)19-23-22-12)18-13(21-20-11)8-4-5-9(15)10(16)6-8/h4-6H,3H2,1-2H3,(H2,17,18,19,21,22,23). The van der Waals surface area contributed by atoms with Crippen LogP contribution in [0.1, 0.15) is 18.3 Å². The predicted molar refractivity (Wildman–Crippen MR) is 79.0 cm³/mol. The molecule has 0 saturated heterocycles. The number of nitrogens with one attached hydrogen (secondary N) is 2. The van der Waals surface area contributed by atoms with Gasteiger partial charge in [0.15, 0.2) is 29.1 Å². The summed E-state index contributed by atoms with van der Waals surface area (Å²) >= 11 is 0. The van der Waals surface area contributed by atoms with E-state index in [1.54, 1.807) is 6.92 Å². The van der Waals surface area contributed by atoms with E-state index >= 15 is 0 Å². The van der Waals surface area contributed by atoms with Gasteiger partial charge in [-0.2, -0.15) is 10.3 Å². The van der Waals surface area contributed by atoms with Crippen molar-refractivity contribution in [3.05, 3.63) is 41.2 Å². The normalized spacial score (nSPS) is 10.8. The SMILES string of the molecule is CCc1nnc(-c2ccc(F)c(F)c2)nc1Nc1n[nH]nc1C. The first-order chi connectivity index (χ1) is 11.1. The highest BCUT2D eigenvalue weighted by molar-refractivity contribution is 5.61. The molecule has 0 unspecified atom stereocenters. The Bertz CT molecular complexity index is 847. The van der Waals surface area contributed by atoms with E-state index in [1.165, 1.54) is 6.07 Å². The third-order valence-corrected chi connectivity index (χ3v) is 3.23. The van der Waals surface area contributed by atoms with Crippen molar-refractivity contribution in [3.8, 4) is 11.4 Å². The van der Waals surface area contributed by atoms with Gasteiger partial charge >= 0.3 is 0 Å². The minimum Gasteiger partial charge on any atom is -0.320 e. The molecule has 3 rings (SSSR count). The molecule has 0 fully saturated rings. The van der Waals surface area contributed by atoms with Gasteiger partial charge in [-0.3, -0.25) is 0 Å². The summed E-state index contributed by atoms with van der Waals surface area (Å²) < 4.78 is 26.4. The number of anilines is 2. The third kappa shape index (κ3) is 2.98. The molecular weight excluding hydrogens is 304 g/mol. The Balaban J connectivity index is 2.01. The highest BCUT2D eigenvalue weighted by atomic mass is 19.2. The van der Waals surface area contributed by atoms with Gasteiger partial charge in [-0.15, -0.1) is 15.3 Å². The average molecular weight is 317 g/mol. The molecule has 0 aliphatic heterocycles. The number of aromatic nitrogens is 6.